The maximum absolute atomic E-state index is 12.8. The molecule has 2 atom stereocenters. The third-order valence-corrected chi connectivity index (χ3v) is 8.13. The Balaban J connectivity index is 1.11. The van der Waals surface area contributed by atoms with Crippen LogP contribution in [0.15, 0.2) is 42.5 Å². The maximum atomic E-state index is 12.8. The van der Waals surface area contributed by atoms with Gasteiger partial charge in [0.2, 0.25) is 6.79 Å². The molecule has 0 spiro atoms. The number of likely N-dealkylation sites (tertiary alicyclic amines) is 1. The number of nitrogens with zero attached hydrogens (tertiary/aromatic N) is 3. The lowest BCUT2D eigenvalue weighted by Gasteiger charge is -2.47. The monoisotopic (exact) mass is 550 g/mol. The van der Waals surface area contributed by atoms with Crippen molar-refractivity contribution in [2.75, 3.05) is 44.8 Å². The van der Waals surface area contributed by atoms with Gasteiger partial charge in [-0.1, -0.05) is 12.1 Å². The van der Waals surface area contributed by atoms with E-state index in [0.717, 1.165) is 45.6 Å². The summed E-state index contributed by atoms with van der Waals surface area (Å²) in [6.45, 7) is 15.0. The summed E-state index contributed by atoms with van der Waals surface area (Å²) < 4.78 is 16.3. The fourth-order valence-corrected chi connectivity index (χ4v) is 5.93. The number of hydrogen-bond acceptors (Lipinski definition) is 7. The summed E-state index contributed by atoms with van der Waals surface area (Å²) in [4.78, 5) is 32.3. The molecule has 0 aromatic heterocycles. The number of amides is 2. The molecule has 40 heavy (non-hydrogen) atoms. The van der Waals surface area contributed by atoms with E-state index in [-0.39, 0.29) is 24.8 Å². The first-order chi connectivity index (χ1) is 19.1. The van der Waals surface area contributed by atoms with Crippen molar-refractivity contribution in [3.63, 3.8) is 0 Å². The van der Waals surface area contributed by atoms with Crippen LogP contribution in [0.4, 0.5) is 10.5 Å². The highest BCUT2D eigenvalue weighted by Gasteiger charge is 2.34. The molecule has 0 radical (unpaired) electrons. The zero-order valence-corrected chi connectivity index (χ0v) is 24.3. The lowest BCUT2D eigenvalue weighted by molar-refractivity contribution is -0.00206. The van der Waals surface area contributed by atoms with Crippen LogP contribution in [0.1, 0.15) is 69.4 Å². The van der Waals surface area contributed by atoms with Gasteiger partial charge in [0.15, 0.2) is 11.5 Å². The molecule has 1 N–H and O–H groups in total. The Labute approximate surface area is 237 Å². The molecule has 2 amide bonds. The van der Waals surface area contributed by atoms with Gasteiger partial charge in [-0.25, -0.2) is 4.79 Å². The summed E-state index contributed by atoms with van der Waals surface area (Å²) in [5, 5.41) is 2.94. The van der Waals surface area contributed by atoms with Gasteiger partial charge in [-0.2, -0.15) is 0 Å². The van der Waals surface area contributed by atoms with Crippen molar-refractivity contribution in [2.45, 2.75) is 71.2 Å². The van der Waals surface area contributed by atoms with Crippen LogP contribution in [0, 0.1) is 0 Å². The first kappa shape index (κ1) is 28.2. The van der Waals surface area contributed by atoms with E-state index in [2.05, 4.69) is 41.1 Å². The van der Waals surface area contributed by atoms with Crippen LogP contribution < -0.4 is 14.8 Å². The molecule has 0 unspecified atom stereocenters. The summed E-state index contributed by atoms with van der Waals surface area (Å²) in [5.74, 6) is 1.18. The standard InChI is InChI=1S/C31H42N4O5/c1-21-19-34(26-12-14-33(15-13-26)30(37)40-31(3,4)5)16-17-35(21)22(2)23-6-8-24(9-7-23)29(36)32-25-10-11-27-28(18-25)39-20-38-27/h6-11,18,21-22,26H,12-17,19-20H2,1-5H3,(H,32,36)/t21-,22+/m1/s1. The Bertz CT molecular complexity index is 1200. The van der Waals surface area contributed by atoms with Gasteiger partial charge in [0, 0.05) is 68.2 Å². The zero-order valence-electron chi connectivity index (χ0n) is 24.3. The molecule has 9 nitrogen and oxygen atoms in total. The minimum Gasteiger partial charge on any atom is -0.454 e. The van der Waals surface area contributed by atoms with Crippen LogP contribution >= 0.6 is 0 Å². The van der Waals surface area contributed by atoms with E-state index in [1.807, 2.05) is 43.9 Å². The molecule has 0 aliphatic carbocycles. The highest BCUT2D eigenvalue weighted by molar-refractivity contribution is 6.04. The van der Waals surface area contributed by atoms with Crippen LogP contribution in [-0.4, -0.2) is 83.9 Å². The number of carbonyl (C=O) groups is 2. The van der Waals surface area contributed by atoms with E-state index < -0.39 is 5.60 Å². The molecule has 3 aliphatic rings. The first-order valence-electron chi connectivity index (χ1n) is 14.4. The van der Waals surface area contributed by atoms with Gasteiger partial charge in [0.1, 0.15) is 5.60 Å². The smallest absolute Gasteiger partial charge is 0.410 e. The maximum Gasteiger partial charge on any atom is 0.410 e. The minimum absolute atomic E-state index is 0.155. The number of carbonyl (C=O) groups excluding carboxylic acids is 2. The number of fused-ring (bicyclic) bond motifs is 1. The van der Waals surface area contributed by atoms with Crippen molar-refractivity contribution in [3.8, 4) is 11.5 Å². The van der Waals surface area contributed by atoms with Crippen LogP contribution in [0.25, 0.3) is 0 Å². The summed E-state index contributed by atoms with van der Waals surface area (Å²) in [7, 11) is 0. The van der Waals surface area contributed by atoms with Crippen LogP contribution in [0.2, 0.25) is 0 Å². The van der Waals surface area contributed by atoms with E-state index in [1.54, 1.807) is 12.1 Å². The second kappa shape index (κ2) is 11.7. The molecule has 3 heterocycles. The fourth-order valence-electron chi connectivity index (χ4n) is 5.93. The molecular formula is C31H42N4O5. The number of benzene rings is 2. The van der Waals surface area contributed by atoms with Crippen LogP contribution in [-0.2, 0) is 4.74 Å². The lowest BCUT2D eigenvalue weighted by Crippen LogP contribution is -2.57. The van der Waals surface area contributed by atoms with Gasteiger partial charge in [0.05, 0.1) is 0 Å². The normalized spacial score (nSPS) is 21.2. The molecule has 2 aromatic carbocycles. The summed E-state index contributed by atoms with van der Waals surface area (Å²) in [5.41, 5.74) is 2.03. The van der Waals surface area contributed by atoms with Crippen molar-refractivity contribution in [1.29, 1.82) is 0 Å². The zero-order chi connectivity index (χ0) is 28.4. The highest BCUT2D eigenvalue weighted by atomic mass is 16.7. The van der Waals surface area contributed by atoms with E-state index in [0.29, 0.717) is 34.8 Å². The van der Waals surface area contributed by atoms with Gasteiger partial charge < -0.3 is 24.4 Å². The number of hydrogen-bond donors (Lipinski definition) is 1. The number of rotatable bonds is 5. The molecule has 3 aliphatic heterocycles. The molecule has 216 valence electrons. The van der Waals surface area contributed by atoms with Gasteiger partial charge in [-0.3, -0.25) is 14.6 Å². The number of piperidine rings is 1. The predicted molar refractivity (Wildman–Crippen MR) is 154 cm³/mol. The van der Waals surface area contributed by atoms with Gasteiger partial charge in [0.25, 0.3) is 5.91 Å². The van der Waals surface area contributed by atoms with E-state index in [4.69, 9.17) is 14.2 Å². The topological polar surface area (TPSA) is 83.6 Å². The van der Waals surface area contributed by atoms with Crippen molar-refractivity contribution < 1.29 is 23.8 Å². The van der Waals surface area contributed by atoms with E-state index in [1.165, 1.54) is 5.56 Å². The third kappa shape index (κ3) is 6.53. The number of nitrogens with one attached hydrogen (secondary N) is 1. The third-order valence-electron chi connectivity index (χ3n) is 8.13. The SMILES string of the molecule is C[C@@H]1CN(C2CCN(C(=O)OC(C)(C)C)CC2)CCN1[C@@H](C)c1ccc(C(=O)Nc2ccc3c(c2)OCO3)cc1. The minimum atomic E-state index is -0.461. The molecule has 0 saturated carbocycles. The lowest BCUT2D eigenvalue weighted by atomic mass is 9.98. The second-order valence-corrected chi connectivity index (χ2v) is 12.1. The van der Waals surface area contributed by atoms with E-state index in [9.17, 15) is 9.59 Å². The van der Waals surface area contributed by atoms with Gasteiger partial charge in [-0.15, -0.1) is 0 Å². The van der Waals surface area contributed by atoms with E-state index >= 15 is 0 Å². The predicted octanol–water partition coefficient (Wildman–Crippen LogP) is 5.13. The summed E-state index contributed by atoms with van der Waals surface area (Å²) >= 11 is 0. The Morgan fingerprint density at radius 3 is 2.35 bits per heavy atom. The molecule has 2 aromatic rings. The average Bonchev–Trinajstić information content (AvgIpc) is 3.40. The summed E-state index contributed by atoms with van der Waals surface area (Å²) in [6.07, 6.45) is 1.77. The van der Waals surface area contributed by atoms with Gasteiger partial charge >= 0.3 is 6.09 Å². The van der Waals surface area contributed by atoms with Crippen LogP contribution in [0.5, 0.6) is 11.5 Å². The Morgan fingerprint density at radius 1 is 0.975 bits per heavy atom. The van der Waals surface area contributed by atoms with Crippen molar-refractivity contribution in [1.82, 2.24) is 14.7 Å². The second-order valence-electron chi connectivity index (χ2n) is 12.1. The largest absolute Gasteiger partial charge is 0.454 e. The van der Waals surface area contributed by atoms with Crippen molar-refractivity contribution >= 4 is 17.7 Å². The van der Waals surface area contributed by atoms with Crippen molar-refractivity contribution in [3.05, 3.63) is 53.6 Å². The average molecular weight is 551 g/mol. The summed E-state index contributed by atoms with van der Waals surface area (Å²) in [6, 6.07) is 14.5. The Morgan fingerprint density at radius 2 is 1.68 bits per heavy atom. The number of anilines is 1. The molecule has 2 saturated heterocycles. The quantitative estimate of drug-likeness (QED) is 0.552. The Hall–Kier alpha value is -3.30. The number of ether oxygens (including phenoxy) is 3. The molecule has 2 fully saturated rings. The molecule has 0 bridgehead atoms. The highest BCUT2D eigenvalue weighted by Crippen LogP contribution is 2.34. The fraction of sp³-hybridized carbons (Fsp3) is 0.548. The first-order valence-corrected chi connectivity index (χ1v) is 14.4. The number of piperazine rings is 1. The van der Waals surface area contributed by atoms with Crippen LogP contribution in [0.3, 0.4) is 0 Å². The molecular weight excluding hydrogens is 508 g/mol. The van der Waals surface area contributed by atoms with Crippen molar-refractivity contribution in [2.24, 2.45) is 0 Å². The molecule has 5 rings (SSSR count). The molecule has 9 heteroatoms. The Kier molecular flexibility index (Phi) is 8.24. The van der Waals surface area contributed by atoms with Gasteiger partial charge in [-0.05, 0) is 77.3 Å².